The summed E-state index contributed by atoms with van der Waals surface area (Å²) in [7, 11) is 0. The van der Waals surface area contributed by atoms with Crippen molar-refractivity contribution in [1.82, 2.24) is 0 Å². The summed E-state index contributed by atoms with van der Waals surface area (Å²) in [5.41, 5.74) is 8.85. The molecule has 0 saturated heterocycles. The average Bonchev–Trinajstić information content (AvgIpc) is 2.37. The van der Waals surface area contributed by atoms with Crippen molar-refractivity contribution in [3.8, 4) is 0 Å². The maximum Gasteiger partial charge on any atom is 0.228 e. The Morgan fingerprint density at radius 3 is 2.67 bits per heavy atom. The van der Waals surface area contributed by atoms with Gasteiger partial charge in [-0.25, -0.2) is 0 Å². The number of carbonyl (C=O) groups is 1. The van der Waals surface area contributed by atoms with E-state index in [9.17, 15) is 4.79 Å². The molecule has 0 aliphatic heterocycles. The standard InChI is InChI=1S/C16H15ClN2OS/c1-10-4-2-7-13(15(10)16(18)21)19-14(20)9-11-5-3-6-12(17)8-11/h2-8H,9H2,1H3,(H2,18,21)(H,19,20). The second kappa shape index (κ2) is 6.70. The van der Waals surface area contributed by atoms with Crippen LogP contribution in [0.25, 0.3) is 0 Å². The quantitative estimate of drug-likeness (QED) is 0.849. The van der Waals surface area contributed by atoms with Crippen LogP contribution in [0.15, 0.2) is 42.5 Å². The van der Waals surface area contributed by atoms with Crippen molar-refractivity contribution in [2.24, 2.45) is 5.73 Å². The highest BCUT2D eigenvalue weighted by Gasteiger charge is 2.11. The van der Waals surface area contributed by atoms with Crippen molar-refractivity contribution in [2.75, 3.05) is 5.32 Å². The number of benzene rings is 2. The van der Waals surface area contributed by atoms with E-state index < -0.39 is 0 Å². The van der Waals surface area contributed by atoms with Gasteiger partial charge in [-0.1, -0.05) is 48.1 Å². The second-order valence-corrected chi connectivity index (χ2v) is 5.59. The number of aryl methyl sites for hydroxylation is 1. The van der Waals surface area contributed by atoms with E-state index in [2.05, 4.69) is 5.32 Å². The van der Waals surface area contributed by atoms with Crippen LogP contribution in [0.1, 0.15) is 16.7 Å². The van der Waals surface area contributed by atoms with Gasteiger partial charge in [0, 0.05) is 10.6 Å². The lowest BCUT2D eigenvalue weighted by Gasteiger charge is -2.12. The molecule has 0 aliphatic rings. The zero-order valence-electron chi connectivity index (χ0n) is 11.5. The average molecular weight is 319 g/mol. The third-order valence-corrected chi connectivity index (χ3v) is 3.49. The topological polar surface area (TPSA) is 55.1 Å². The lowest BCUT2D eigenvalue weighted by molar-refractivity contribution is -0.115. The Labute approximate surface area is 134 Å². The molecule has 2 aromatic rings. The lowest BCUT2D eigenvalue weighted by Crippen LogP contribution is -2.19. The summed E-state index contributed by atoms with van der Waals surface area (Å²) in [4.78, 5) is 12.4. The summed E-state index contributed by atoms with van der Waals surface area (Å²) >= 11 is 11.0. The van der Waals surface area contributed by atoms with Crippen molar-refractivity contribution in [3.05, 3.63) is 64.2 Å². The number of rotatable bonds is 4. The first kappa shape index (κ1) is 15.5. The van der Waals surface area contributed by atoms with Gasteiger partial charge >= 0.3 is 0 Å². The van der Waals surface area contributed by atoms with Gasteiger partial charge in [0.25, 0.3) is 0 Å². The molecule has 0 radical (unpaired) electrons. The van der Waals surface area contributed by atoms with Crippen molar-refractivity contribution in [1.29, 1.82) is 0 Å². The third-order valence-electron chi connectivity index (χ3n) is 3.05. The van der Waals surface area contributed by atoms with E-state index >= 15 is 0 Å². The normalized spacial score (nSPS) is 10.2. The minimum atomic E-state index is -0.139. The third kappa shape index (κ3) is 4.03. The fourth-order valence-electron chi connectivity index (χ4n) is 2.13. The molecule has 0 saturated carbocycles. The predicted octanol–water partition coefficient (Wildman–Crippen LogP) is 3.46. The van der Waals surface area contributed by atoms with Gasteiger partial charge in [0.15, 0.2) is 0 Å². The SMILES string of the molecule is Cc1cccc(NC(=O)Cc2cccc(Cl)c2)c1C(N)=S. The lowest BCUT2D eigenvalue weighted by atomic mass is 10.1. The fourth-order valence-corrected chi connectivity index (χ4v) is 2.61. The Hall–Kier alpha value is -1.91. The predicted molar refractivity (Wildman–Crippen MR) is 90.9 cm³/mol. The molecule has 0 unspecified atom stereocenters. The number of anilines is 1. The molecule has 0 atom stereocenters. The number of halogens is 1. The molecule has 0 aliphatic carbocycles. The van der Waals surface area contributed by atoms with Crippen LogP contribution in [-0.4, -0.2) is 10.9 Å². The Bertz CT molecular complexity index is 700. The Morgan fingerprint density at radius 2 is 2.00 bits per heavy atom. The van der Waals surface area contributed by atoms with Crippen LogP contribution in [0.2, 0.25) is 5.02 Å². The van der Waals surface area contributed by atoms with Gasteiger partial charge in [-0.05, 0) is 36.2 Å². The maximum absolute atomic E-state index is 12.1. The number of amides is 1. The van der Waals surface area contributed by atoms with Crippen molar-refractivity contribution >= 4 is 40.4 Å². The molecule has 0 spiro atoms. The van der Waals surface area contributed by atoms with Crippen LogP contribution in [0, 0.1) is 6.92 Å². The number of nitrogens with two attached hydrogens (primary N) is 1. The summed E-state index contributed by atoms with van der Waals surface area (Å²) in [6.07, 6.45) is 0.241. The summed E-state index contributed by atoms with van der Waals surface area (Å²) in [6.45, 7) is 1.90. The highest BCUT2D eigenvalue weighted by molar-refractivity contribution is 7.80. The smallest absolute Gasteiger partial charge is 0.228 e. The van der Waals surface area contributed by atoms with Gasteiger partial charge in [0.1, 0.15) is 4.99 Å². The van der Waals surface area contributed by atoms with E-state index in [-0.39, 0.29) is 17.3 Å². The molecule has 0 fully saturated rings. The van der Waals surface area contributed by atoms with Crippen LogP contribution in [0.5, 0.6) is 0 Å². The molecule has 21 heavy (non-hydrogen) atoms. The highest BCUT2D eigenvalue weighted by atomic mass is 35.5. The molecule has 3 N–H and O–H groups in total. The number of hydrogen-bond donors (Lipinski definition) is 2. The Morgan fingerprint density at radius 1 is 1.29 bits per heavy atom. The van der Waals surface area contributed by atoms with Crippen LogP contribution in [-0.2, 0) is 11.2 Å². The van der Waals surface area contributed by atoms with Crippen LogP contribution >= 0.6 is 23.8 Å². The molecular formula is C16H15ClN2OS. The Kier molecular flexibility index (Phi) is 4.94. The van der Waals surface area contributed by atoms with Crippen LogP contribution < -0.4 is 11.1 Å². The van der Waals surface area contributed by atoms with Gasteiger partial charge in [0.2, 0.25) is 5.91 Å². The van der Waals surface area contributed by atoms with Gasteiger partial charge in [-0.3, -0.25) is 4.79 Å². The van der Waals surface area contributed by atoms with Crippen LogP contribution in [0.3, 0.4) is 0 Å². The van der Waals surface area contributed by atoms with Crippen LogP contribution in [0.4, 0.5) is 5.69 Å². The van der Waals surface area contributed by atoms with Crippen molar-refractivity contribution < 1.29 is 4.79 Å². The molecule has 5 heteroatoms. The molecule has 108 valence electrons. The van der Waals surface area contributed by atoms with E-state index in [1.165, 1.54) is 0 Å². The summed E-state index contributed by atoms with van der Waals surface area (Å²) in [5, 5.41) is 3.46. The number of nitrogens with one attached hydrogen (secondary N) is 1. The largest absolute Gasteiger partial charge is 0.389 e. The number of thiocarbonyl (C=S) groups is 1. The zero-order valence-corrected chi connectivity index (χ0v) is 13.1. The van der Waals surface area contributed by atoms with E-state index in [4.69, 9.17) is 29.6 Å². The van der Waals surface area contributed by atoms with Gasteiger partial charge in [-0.15, -0.1) is 0 Å². The first-order valence-corrected chi connectivity index (χ1v) is 7.19. The van der Waals surface area contributed by atoms with Crippen molar-refractivity contribution in [3.63, 3.8) is 0 Å². The van der Waals surface area contributed by atoms with Gasteiger partial charge in [0.05, 0.1) is 12.1 Å². The molecular weight excluding hydrogens is 304 g/mol. The van der Waals surface area contributed by atoms with Gasteiger partial charge < -0.3 is 11.1 Å². The first-order valence-electron chi connectivity index (χ1n) is 6.41. The first-order chi connectivity index (χ1) is 9.97. The summed E-state index contributed by atoms with van der Waals surface area (Å²) < 4.78 is 0. The fraction of sp³-hybridized carbons (Fsp3) is 0.125. The molecule has 0 heterocycles. The molecule has 2 rings (SSSR count). The second-order valence-electron chi connectivity index (χ2n) is 4.72. The van der Waals surface area contributed by atoms with E-state index in [0.717, 1.165) is 11.1 Å². The minimum Gasteiger partial charge on any atom is -0.389 e. The highest BCUT2D eigenvalue weighted by Crippen LogP contribution is 2.20. The van der Waals surface area contributed by atoms with E-state index in [0.29, 0.717) is 16.3 Å². The summed E-state index contributed by atoms with van der Waals surface area (Å²) in [5.74, 6) is -0.139. The Balaban J connectivity index is 2.17. The maximum atomic E-state index is 12.1. The molecule has 1 amide bonds. The van der Waals surface area contributed by atoms with E-state index in [1.807, 2.05) is 31.2 Å². The van der Waals surface area contributed by atoms with E-state index in [1.54, 1.807) is 18.2 Å². The molecule has 2 aromatic carbocycles. The van der Waals surface area contributed by atoms with Crippen molar-refractivity contribution in [2.45, 2.75) is 13.3 Å². The number of hydrogen-bond acceptors (Lipinski definition) is 2. The molecule has 3 nitrogen and oxygen atoms in total. The zero-order chi connectivity index (χ0) is 15.4. The van der Waals surface area contributed by atoms with Gasteiger partial charge in [-0.2, -0.15) is 0 Å². The minimum absolute atomic E-state index is 0.139. The molecule has 0 bridgehead atoms. The monoisotopic (exact) mass is 318 g/mol. The summed E-state index contributed by atoms with van der Waals surface area (Å²) in [6, 6.07) is 12.8. The number of carbonyl (C=O) groups excluding carboxylic acids is 1. The molecule has 0 aromatic heterocycles.